The van der Waals surface area contributed by atoms with Crippen LogP contribution in [0.3, 0.4) is 0 Å². The van der Waals surface area contributed by atoms with Gasteiger partial charge in [-0.25, -0.2) is 4.63 Å². The van der Waals surface area contributed by atoms with Gasteiger partial charge in [0.25, 0.3) is 17.1 Å². The Kier molecular flexibility index (Phi) is 10.6. The van der Waals surface area contributed by atoms with Crippen molar-refractivity contribution in [2.75, 3.05) is 25.0 Å². The number of carbonyl (C=O) groups excluding carboxylic acids is 4. The molecule has 5 rings (SSSR count). The van der Waals surface area contributed by atoms with Gasteiger partial charge in [0.2, 0.25) is 11.4 Å². The second-order valence-electron chi connectivity index (χ2n) is 10.6. The van der Waals surface area contributed by atoms with Gasteiger partial charge in [0.05, 0.1) is 22.1 Å². The number of carbonyl (C=O) groups is 4. The van der Waals surface area contributed by atoms with Crippen molar-refractivity contribution in [2.24, 2.45) is 0 Å². The normalized spacial score (nSPS) is 13.7. The van der Waals surface area contributed by atoms with E-state index in [0.717, 1.165) is 23.7 Å². The molecule has 1 fully saturated rings. The number of nitrogens with zero attached hydrogens (tertiary/aromatic N) is 4. The molecule has 4 amide bonds. The molecule has 47 heavy (non-hydrogen) atoms. The summed E-state index contributed by atoms with van der Waals surface area (Å²) in [6.45, 7) is 2.57. The molecule has 1 aliphatic heterocycles. The van der Waals surface area contributed by atoms with Gasteiger partial charge in [0, 0.05) is 30.4 Å². The highest BCUT2D eigenvalue weighted by atomic mass is 32.2. The van der Waals surface area contributed by atoms with Crippen molar-refractivity contribution >= 4 is 68.9 Å². The molecule has 4 aromatic rings. The zero-order valence-corrected chi connectivity index (χ0v) is 26.2. The summed E-state index contributed by atoms with van der Waals surface area (Å²) in [5.74, 6) is -1.07. The Morgan fingerprint density at radius 2 is 1.70 bits per heavy atom. The van der Waals surface area contributed by atoms with Crippen LogP contribution in [0, 0.1) is 10.1 Å². The van der Waals surface area contributed by atoms with Gasteiger partial charge in [-0.3, -0.25) is 34.2 Å². The van der Waals surface area contributed by atoms with Crippen LogP contribution in [0.25, 0.3) is 17.1 Å². The molecule has 15 heteroatoms. The van der Waals surface area contributed by atoms with Crippen molar-refractivity contribution in [2.45, 2.75) is 32.6 Å². The second kappa shape index (κ2) is 15.1. The molecule has 0 aliphatic carbocycles. The van der Waals surface area contributed by atoms with Crippen molar-refractivity contribution in [3.8, 4) is 0 Å². The van der Waals surface area contributed by atoms with Crippen LogP contribution in [0.15, 0.2) is 70.2 Å². The molecule has 1 aromatic heterocycles. The number of benzene rings is 3. The number of nitro groups is 1. The number of nitrogens with one attached hydrogen (secondary N) is 3. The number of imide groups is 1. The largest absolute Gasteiger partial charge is 0.355 e. The molecule has 0 unspecified atom stereocenters. The van der Waals surface area contributed by atoms with Crippen LogP contribution < -0.4 is 16.0 Å². The first-order valence-corrected chi connectivity index (χ1v) is 15.7. The number of non-ortho nitro benzene ring substituents is 1. The number of thioether (sulfide) groups is 1. The van der Waals surface area contributed by atoms with Crippen LogP contribution in [-0.4, -0.2) is 62.7 Å². The Morgan fingerprint density at radius 3 is 2.43 bits per heavy atom. The van der Waals surface area contributed by atoms with Crippen molar-refractivity contribution < 1.29 is 28.7 Å². The first kappa shape index (κ1) is 32.8. The van der Waals surface area contributed by atoms with E-state index in [-0.39, 0.29) is 40.3 Å². The first-order valence-electron chi connectivity index (χ1n) is 14.9. The van der Waals surface area contributed by atoms with Gasteiger partial charge in [-0.05, 0) is 95.3 Å². The van der Waals surface area contributed by atoms with Crippen molar-refractivity contribution in [1.29, 1.82) is 0 Å². The second-order valence-corrected chi connectivity index (χ2v) is 11.6. The summed E-state index contributed by atoms with van der Waals surface area (Å²) in [4.78, 5) is 62.2. The number of amides is 4. The van der Waals surface area contributed by atoms with Gasteiger partial charge >= 0.3 is 5.69 Å². The maximum Gasteiger partial charge on any atom is 0.300 e. The molecule has 1 aliphatic rings. The lowest BCUT2D eigenvalue weighted by molar-refractivity contribution is -0.383. The van der Waals surface area contributed by atoms with Crippen LogP contribution in [0.4, 0.5) is 21.9 Å². The molecule has 1 saturated heterocycles. The molecule has 3 N–H and O–H groups in total. The molecule has 2 heterocycles. The average Bonchev–Trinajstić information content (AvgIpc) is 3.67. The Morgan fingerprint density at radius 1 is 0.957 bits per heavy atom. The molecule has 3 aromatic carbocycles. The van der Waals surface area contributed by atoms with E-state index >= 15 is 0 Å². The van der Waals surface area contributed by atoms with E-state index in [2.05, 4.69) is 37.8 Å². The molecular formula is C32H31N7O7S. The lowest BCUT2D eigenvalue weighted by Gasteiger charge is -2.12. The predicted octanol–water partition coefficient (Wildman–Crippen LogP) is 5.19. The number of unbranched alkanes of at least 4 members (excludes halogenated alkanes) is 2. The topological polar surface area (TPSA) is 190 Å². The van der Waals surface area contributed by atoms with Gasteiger partial charge in [0.15, 0.2) is 5.52 Å². The minimum Gasteiger partial charge on any atom is -0.355 e. The molecule has 0 bridgehead atoms. The standard InChI is InChI=1S/C32H31N7O7S/c1-2-20-6-8-21(9-7-20)18-26-31(42)38(32(43)47-26)17-5-3-4-16-33-27(40)19-34-30(41)22-10-12-23(13-11-22)35-24-14-15-25(39(44)45)29-28(24)36-46-37-29/h6-15,18,35H,2-5,16-17,19H2,1H3,(H,33,40)(H,34,41)/b26-18-. The molecule has 242 valence electrons. The minimum atomic E-state index is -0.574. The summed E-state index contributed by atoms with van der Waals surface area (Å²) in [5.41, 5.74) is 3.41. The SMILES string of the molecule is CCc1ccc(/C=C2\SC(=O)N(CCCCCNC(=O)CNC(=O)c3ccc(Nc4ccc([N+](=O)[O-])c5nonc45)cc3)C2=O)cc1. The van der Waals surface area contributed by atoms with E-state index in [4.69, 9.17) is 0 Å². The monoisotopic (exact) mass is 657 g/mol. The third kappa shape index (κ3) is 8.18. The molecule has 0 atom stereocenters. The van der Waals surface area contributed by atoms with Crippen LogP contribution in [0.1, 0.15) is 47.7 Å². The molecule has 0 saturated carbocycles. The zero-order chi connectivity index (χ0) is 33.3. The fourth-order valence-corrected chi connectivity index (χ4v) is 5.65. The van der Waals surface area contributed by atoms with E-state index in [9.17, 15) is 29.3 Å². The van der Waals surface area contributed by atoms with Crippen LogP contribution >= 0.6 is 11.8 Å². The highest BCUT2D eigenvalue weighted by molar-refractivity contribution is 8.18. The lowest BCUT2D eigenvalue weighted by Crippen LogP contribution is -2.37. The number of aryl methyl sites for hydroxylation is 1. The number of hydrogen-bond donors (Lipinski definition) is 3. The molecular weight excluding hydrogens is 626 g/mol. The maximum atomic E-state index is 12.7. The zero-order valence-electron chi connectivity index (χ0n) is 25.4. The summed E-state index contributed by atoms with van der Waals surface area (Å²) in [7, 11) is 0. The van der Waals surface area contributed by atoms with Crippen molar-refractivity contribution in [3.63, 3.8) is 0 Å². The van der Waals surface area contributed by atoms with E-state index < -0.39 is 10.8 Å². The van der Waals surface area contributed by atoms with Crippen LogP contribution in [-0.2, 0) is 16.0 Å². The average molecular weight is 658 g/mol. The van der Waals surface area contributed by atoms with Crippen LogP contribution in [0.5, 0.6) is 0 Å². The van der Waals surface area contributed by atoms with Gasteiger partial charge in [0.1, 0.15) is 0 Å². The quantitative estimate of drug-likeness (QED) is 0.0700. The van der Waals surface area contributed by atoms with E-state index in [1.807, 2.05) is 24.3 Å². The van der Waals surface area contributed by atoms with Gasteiger partial charge in [-0.2, -0.15) is 0 Å². The third-order valence-electron chi connectivity index (χ3n) is 7.37. The Balaban J connectivity index is 0.989. The number of aromatic nitrogens is 2. The van der Waals surface area contributed by atoms with E-state index in [1.165, 1.54) is 22.6 Å². The summed E-state index contributed by atoms with van der Waals surface area (Å²) in [5, 5.41) is 26.6. The maximum absolute atomic E-state index is 12.7. The summed E-state index contributed by atoms with van der Waals surface area (Å²) < 4.78 is 4.67. The lowest BCUT2D eigenvalue weighted by atomic mass is 10.1. The minimum absolute atomic E-state index is 0.0137. The fourth-order valence-electron chi connectivity index (χ4n) is 4.78. The number of fused-ring (bicyclic) bond motifs is 1. The fraction of sp³-hybridized carbons (Fsp3) is 0.250. The summed E-state index contributed by atoms with van der Waals surface area (Å²) in [6.07, 6.45) is 4.62. The van der Waals surface area contributed by atoms with E-state index in [0.29, 0.717) is 54.2 Å². The van der Waals surface area contributed by atoms with Gasteiger partial charge in [-0.1, -0.05) is 31.2 Å². The molecule has 14 nitrogen and oxygen atoms in total. The predicted molar refractivity (Wildman–Crippen MR) is 176 cm³/mol. The van der Waals surface area contributed by atoms with Gasteiger partial charge < -0.3 is 16.0 Å². The number of anilines is 2. The highest BCUT2D eigenvalue weighted by Gasteiger charge is 2.34. The smallest absolute Gasteiger partial charge is 0.300 e. The molecule has 0 radical (unpaired) electrons. The Hall–Kier alpha value is -5.57. The van der Waals surface area contributed by atoms with Crippen LogP contribution in [0.2, 0.25) is 0 Å². The summed E-state index contributed by atoms with van der Waals surface area (Å²) >= 11 is 0.945. The third-order valence-corrected chi connectivity index (χ3v) is 8.27. The number of hydrogen-bond acceptors (Lipinski definition) is 11. The Bertz CT molecular complexity index is 1840. The summed E-state index contributed by atoms with van der Waals surface area (Å²) in [6, 6.07) is 17.1. The number of rotatable bonds is 14. The Labute approximate surface area is 273 Å². The van der Waals surface area contributed by atoms with Crippen molar-refractivity contribution in [3.05, 3.63) is 92.4 Å². The number of nitro benzene ring substituents is 1. The van der Waals surface area contributed by atoms with E-state index in [1.54, 1.807) is 30.3 Å². The molecule has 0 spiro atoms. The van der Waals surface area contributed by atoms with Gasteiger partial charge in [-0.15, -0.1) is 0 Å². The highest BCUT2D eigenvalue weighted by Crippen LogP contribution is 2.33. The van der Waals surface area contributed by atoms with Crippen molar-refractivity contribution in [1.82, 2.24) is 25.8 Å². The first-order chi connectivity index (χ1) is 22.7.